The number of amides is 3. The Morgan fingerprint density at radius 2 is 1.55 bits per heavy atom. The quantitative estimate of drug-likeness (QED) is 0.288. The van der Waals surface area contributed by atoms with Crippen molar-refractivity contribution in [1.82, 2.24) is 16.0 Å². The minimum Gasteiger partial charge on any atom is -0.481 e. The topological polar surface area (TPSA) is 191 Å². The van der Waals surface area contributed by atoms with Crippen molar-refractivity contribution >= 4 is 29.8 Å². The predicted molar refractivity (Wildman–Crippen MR) is 104 cm³/mol. The summed E-state index contributed by atoms with van der Waals surface area (Å²) in [7, 11) is 0. The maximum atomic E-state index is 12.6. The minimum atomic E-state index is -1.94. The Morgan fingerprint density at radius 1 is 1.00 bits per heavy atom. The first-order valence-electron chi connectivity index (χ1n) is 9.87. The zero-order valence-corrected chi connectivity index (χ0v) is 18.0. The average molecular weight is 443 g/mol. The average Bonchev–Trinajstić information content (AvgIpc) is 3.28. The van der Waals surface area contributed by atoms with E-state index in [1.807, 2.05) is 0 Å². The summed E-state index contributed by atoms with van der Waals surface area (Å²) in [6.45, 7) is 7.65. The van der Waals surface area contributed by atoms with Gasteiger partial charge in [-0.1, -0.05) is 0 Å². The summed E-state index contributed by atoms with van der Waals surface area (Å²) in [5.74, 6) is -7.02. The van der Waals surface area contributed by atoms with E-state index in [-0.39, 0.29) is 6.42 Å². The lowest BCUT2D eigenvalue weighted by molar-refractivity contribution is -0.151. The van der Waals surface area contributed by atoms with Crippen LogP contribution < -0.4 is 16.0 Å². The van der Waals surface area contributed by atoms with Gasteiger partial charge >= 0.3 is 18.0 Å². The number of hydrogen-bond acceptors (Lipinski definition) is 7. The van der Waals surface area contributed by atoms with Gasteiger partial charge in [0.1, 0.15) is 23.2 Å². The highest BCUT2D eigenvalue weighted by molar-refractivity contribution is 5.95. The van der Waals surface area contributed by atoms with Crippen LogP contribution in [0.2, 0.25) is 0 Å². The zero-order chi connectivity index (χ0) is 23.9. The summed E-state index contributed by atoms with van der Waals surface area (Å²) in [6, 6.07) is -2.24. The summed E-state index contributed by atoms with van der Waals surface area (Å²) in [6.07, 6.45) is -2.33. The van der Waals surface area contributed by atoms with Crippen molar-refractivity contribution in [2.75, 3.05) is 0 Å². The number of aliphatic hydroxyl groups is 1. The van der Waals surface area contributed by atoms with Gasteiger partial charge in [0.25, 0.3) is 0 Å². The summed E-state index contributed by atoms with van der Waals surface area (Å²) >= 11 is 0. The van der Waals surface area contributed by atoms with Gasteiger partial charge in [0.2, 0.25) is 11.8 Å². The Morgan fingerprint density at radius 3 is 2.00 bits per heavy atom. The van der Waals surface area contributed by atoms with E-state index in [0.29, 0.717) is 0 Å². The van der Waals surface area contributed by atoms with E-state index in [4.69, 9.17) is 4.74 Å². The number of hydrogen-bond donors (Lipinski definition) is 6. The molecular formula is C19H29N3O9. The van der Waals surface area contributed by atoms with E-state index in [2.05, 4.69) is 16.0 Å². The number of aliphatic hydroxyl groups excluding tert-OH is 1. The van der Waals surface area contributed by atoms with E-state index < -0.39 is 76.9 Å². The number of carbonyl (C=O) groups excluding carboxylic acids is 3. The van der Waals surface area contributed by atoms with Gasteiger partial charge in [-0.05, 0) is 34.6 Å². The zero-order valence-electron chi connectivity index (χ0n) is 18.0. The van der Waals surface area contributed by atoms with E-state index in [1.165, 1.54) is 13.8 Å². The third-order valence-corrected chi connectivity index (χ3v) is 5.51. The highest BCUT2D eigenvalue weighted by Gasteiger charge is 2.75. The second kappa shape index (κ2) is 8.33. The van der Waals surface area contributed by atoms with Crippen LogP contribution >= 0.6 is 0 Å². The fourth-order valence-electron chi connectivity index (χ4n) is 4.07. The molecule has 0 aromatic heterocycles. The molecule has 2 aliphatic rings. The van der Waals surface area contributed by atoms with Crippen LogP contribution in [0.3, 0.4) is 0 Å². The summed E-state index contributed by atoms with van der Waals surface area (Å²) in [4.78, 5) is 59.9. The van der Waals surface area contributed by atoms with Crippen LogP contribution in [0.4, 0.5) is 4.79 Å². The Hall–Kier alpha value is -2.89. The van der Waals surface area contributed by atoms with Crippen LogP contribution in [0.25, 0.3) is 0 Å². The van der Waals surface area contributed by atoms with Gasteiger partial charge in [-0.2, -0.15) is 0 Å². The van der Waals surface area contributed by atoms with Gasteiger partial charge in [0, 0.05) is 18.3 Å². The normalized spacial score (nSPS) is 30.9. The lowest BCUT2D eigenvalue weighted by Gasteiger charge is -2.31. The van der Waals surface area contributed by atoms with Crippen molar-refractivity contribution in [3.8, 4) is 0 Å². The lowest BCUT2D eigenvalue weighted by atomic mass is 9.89. The van der Waals surface area contributed by atoms with E-state index >= 15 is 0 Å². The summed E-state index contributed by atoms with van der Waals surface area (Å²) in [5.41, 5.74) is -2.71. The fraction of sp³-hybridized carbons (Fsp3) is 0.737. The number of ether oxygens (including phenoxy) is 1. The highest BCUT2D eigenvalue weighted by atomic mass is 16.6. The smallest absolute Gasteiger partial charge is 0.408 e. The molecule has 0 saturated heterocycles. The van der Waals surface area contributed by atoms with Gasteiger partial charge in [-0.15, -0.1) is 0 Å². The Kier molecular flexibility index (Phi) is 6.55. The number of carboxylic acid groups (broad SMARTS) is 2. The molecule has 174 valence electrons. The second-order valence-corrected chi connectivity index (χ2v) is 9.10. The van der Waals surface area contributed by atoms with Crippen LogP contribution in [0.1, 0.15) is 41.0 Å². The maximum Gasteiger partial charge on any atom is 0.408 e. The van der Waals surface area contributed by atoms with Crippen LogP contribution in [-0.4, -0.2) is 74.5 Å². The third kappa shape index (κ3) is 5.06. The van der Waals surface area contributed by atoms with Crippen molar-refractivity contribution in [1.29, 1.82) is 0 Å². The largest absolute Gasteiger partial charge is 0.481 e. The van der Waals surface area contributed by atoms with Crippen LogP contribution in [-0.2, 0) is 23.9 Å². The SMILES string of the molecule is C[C@H](NC(=O)OC(C)(C)C)C(=O)N[C@@H](C)C(=O)N[C@@]1(C(=O)O)C[C@H](O)[C@H]2[C@H](C(=O)O)[C@H]21. The molecule has 0 bridgehead atoms. The van der Waals surface area contributed by atoms with E-state index in [0.717, 1.165) is 0 Å². The molecule has 2 saturated carbocycles. The molecule has 12 heteroatoms. The molecule has 2 fully saturated rings. The molecule has 0 radical (unpaired) electrons. The Labute approximate surface area is 178 Å². The molecule has 0 spiro atoms. The molecule has 2 rings (SSSR count). The number of nitrogens with one attached hydrogen (secondary N) is 3. The summed E-state index contributed by atoms with van der Waals surface area (Å²) in [5, 5.41) is 36.0. The molecule has 12 nitrogen and oxygen atoms in total. The molecule has 0 heterocycles. The first-order chi connectivity index (χ1) is 14.1. The highest BCUT2D eigenvalue weighted by Crippen LogP contribution is 2.62. The van der Waals surface area contributed by atoms with Crippen LogP contribution in [0.15, 0.2) is 0 Å². The molecule has 31 heavy (non-hydrogen) atoms. The number of alkyl carbamates (subject to hydrolysis) is 1. The molecule has 3 amide bonds. The molecular weight excluding hydrogens is 414 g/mol. The van der Waals surface area contributed by atoms with Gasteiger partial charge in [-0.25, -0.2) is 9.59 Å². The van der Waals surface area contributed by atoms with Crippen LogP contribution in [0.5, 0.6) is 0 Å². The predicted octanol–water partition coefficient (Wildman–Crippen LogP) is -0.945. The number of fused-ring (bicyclic) bond motifs is 1. The number of carbonyl (C=O) groups is 5. The van der Waals surface area contributed by atoms with Crippen molar-refractivity contribution in [2.45, 2.75) is 70.4 Å². The first kappa shape index (κ1) is 24.4. The monoisotopic (exact) mass is 443 g/mol. The van der Waals surface area contributed by atoms with Crippen LogP contribution in [0, 0.1) is 17.8 Å². The van der Waals surface area contributed by atoms with Gasteiger partial charge < -0.3 is 36.0 Å². The van der Waals surface area contributed by atoms with Crippen molar-refractivity contribution in [3.63, 3.8) is 0 Å². The maximum absolute atomic E-state index is 12.6. The number of rotatable bonds is 7. The van der Waals surface area contributed by atoms with E-state index in [1.54, 1.807) is 20.8 Å². The minimum absolute atomic E-state index is 0.329. The molecule has 0 aromatic rings. The molecule has 6 N–H and O–H groups in total. The van der Waals surface area contributed by atoms with E-state index in [9.17, 15) is 39.3 Å². The number of carboxylic acids is 2. The van der Waals surface area contributed by atoms with Crippen molar-refractivity contribution in [2.24, 2.45) is 17.8 Å². The summed E-state index contributed by atoms with van der Waals surface area (Å²) < 4.78 is 5.05. The van der Waals surface area contributed by atoms with Gasteiger partial charge in [0.15, 0.2) is 0 Å². The molecule has 0 aliphatic heterocycles. The fourth-order valence-corrected chi connectivity index (χ4v) is 4.07. The Balaban J connectivity index is 1.99. The molecule has 7 atom stereocenters. The Bertz CT molecular complexity index is 793. The van der Waals surface area contributed by atoms with Crippen molar-refractivity contribution in [3.05, 3.63) is 0 Å². The molecule has 0 unspecified atom stereocenters. The number of aliphatic carboxylic acids is 2. The first-order valence-corrected chi connectivity index (χ1v) is 9.87. The van der Waals surface area contributed by atoms with Gasteiger partial charge in [0.05, 0.1) is 12.0 Å². The third-order valence-electron chi connectivity index (χ3n) is 5.51. The van der Waals surface area contributed by atoms with Gasteiger partial charge in [-0.3, -0.25) is 14.4 Å². The van der Waals surface area contributed by atoms with Crippen molar-refractivity contribution < 1.29 is 44.0 Å². The lowest BCUT2D eigenvalue weighted by Crippen LogP contribution is -2.61. The second-order valence-electron chi connectivity index (χ2n) is 9.10. The molecule has 2 aliphatic carbocycles. The molecule has 0 aromatic carbocycles. The standard InChI is InChI=1S/C19H29N3O9/c1-7(21-17(30)31-18(3,4)5)13(24)20-8(2)14(25)22-19(16(28)29)6-9(23)10-11(12(10)19)15(26)27/h7-12,23H,6H2,1-5H3,(H,20,24)(H,21,30)(H,22,25)(H,26,27)(H,28,29)/t7-,8-,9-,10-,11-,12-,19-/m0/s1.